The molecule has 1 saturated carbocycles. The van der Waals surface area contributed by atoms with Crippen molar-refractivity contribution in [1.82, 2.24) is 34.5 Å². The lowest BCUT2D eigenvalue weighted by atomic mass is 10.0. The van der Waals surface area contributed by atoms with E-state index in [0.29, 0.717) is 56.9 Å². The Morgan fingerprint density at radius 1 is 1.17 bits per heavy atom. The summed E-state index contributed by atoms with van der Waals surface area (Å²) in [5.41, 5.74) is 5.46. The molecular formula is C26H22N8O2. The number of nitrogens with zero attached hydrogens (tertiary/aromatic N) is 7. The Hall–Kier alpha value is -4.62. The van der Waals surface area contributed by atoms with Gasteiger partial charge >= 0.3 is 0 Å². The summed E-state index contributed by atoms with van der Waals surface area (Å²) >= 11 is 0. The first kappa shape index (κ1) is 21.9. The summed E-state index contributed by atoms with van der Waals surface area (Å²) in [6.07, 6.45) is 7.86. The average Bonchev–Trinajstić information content (AvgIpc) is 3.57. The molecule has 10 heteroatoms. The van der Waals surface area contributed by atoms with Gasteiger partial charge in [-0.3, -0.25) is 0 Å². The fraction of sp³-hybridized carbons (Fsp3) is 0.231. The number of H-pyrrole nitrogens is 1. The highest BCUT2D eigenvalue weighted by Gasteiger charge is 2.31. The standard InChI is InChI=1S/C26H22N8O2/c1-34-12-17(9-27)32-25(34)16-7-5-15(6-8-16)23(35)18-10-28-19-11-29-24(33-22(18)19)20-21(14-3-4-14)30-13-31-26(20)36-2/h5-8,10-14,23,28,35H,3-4H2,1-2H3. The van der Waals surface area contributed by atoms with Crippen molar-refractivity contribution in [3.63, 3.8) is 0 Å². The van der Waals surface area contributed by atoms with Gasteiger partial charge in [0, 0.05) is 36.5 Å². The molecule has 178 valence electrons. The van der Waals surface area contributed by atoms with Gasteiger partial charge in [0.1, 0.15) is 29.9 Å². The highest BCUT2D eigenvalue weighted by atomic mass is 16.5. The van der Waals surface area contributed by atoms with Gasteiger partial charge < -0.3 is 19.4 Å². The number of aryl methyl sites for hydroxylation is 1. The molecule has 1 fully saturated rings. The lowest BCUT2D eigenvalue weighted by Gasteiger charge is -2.12. The van der Waals surface area contributed by atoms with Crippen molar-refractivity contribution >= 4 is 11.0 Å². The molecule has 4 heterocycles. The summed E-state index contributed by atoms with van der Waals surface area (Å²) in [7, 11) is 3.42. The van der Waals surface area contributed by atoms with Gasteiger partial charge in [-0.05, 0) is 18.4 Å². The summed E-state index contributed by atoms with van der Waals surface area (Å²) in [4.78, 5) is 25.6. The lowest BCUT2D eigenvalue weighted by molar-refractivity contribution is 0.221. The summed E-state index contributed by atoms with van der Waals surface area (Å²) in [5.74, 6) is 1.94. The highest BCUT2D eigenvalue weighted by molar-refractivity contribution is 5.82. The molecule has 4 aromatic heterocycles. The Bertz CT molecular complexity index is 1630. The molecule has 0 radical (unpaired) electrons. The number of nitriles is 1. The molecule has 1 unspecified atom stereocenters. The van der Waals surface area contributed by atoms with Gasteiger partial charge in [0.2, 0.25) is 5.88 Å². The molecule has 0 bridgehead atoms. The highest BCUT2D eigenvalue weighted by Crippen LogP contribution is 2.45. The zero-order valence-electron chi connectivity index (χ0n) is 19.7. The number of hydrogen-bond donors (Lipinski definition) is 2. The number of rotatable bonds is 6. The first-order chi connectivity index (χ1) is 17.6. The topological polar surface area (TPSA) is 138 Å². The Labute approximate surface area is 206 Å². The van der Waals surface area contributed by atoms with Crippen LogP contribution in [0.5, 0.6) is 5.88 Å². The number of methoxy groups -OCH3 is 1. The SMILES string of the molecule is COc1ncnc(C2CC2)c1-c1ncc2[nH]cc(C(O)c3ccc(-c4nc(C#N)cn4C)cc3)c2n1. The van der Waals surface area contributed by atoms with Crippen LogP contribution in [0.1, 0.15) is 47.4 Å². The van der Waals surface area contributed by atoms with Gasteiger partial charge in [-0.15, -0.1) is 0 Å². The van der Waals surface area contributed by atoms with Gasteiger partial charge in [0.05, 0.1) is 30.0 Å². The van der Waals surface area contributed by atoms with Crippen molar-refractivity contribution < 1.29 is 9.84 Å². The van der Waals surface area contributed by atoms with E-state index in [1.165, 1.54) is 6.33 Å². The predicted molar refractivity (Wildman–Crippen MR) is 131 cm³/mol. The van der Waals surface area contributed by atoms with Gasteiger partial charge in [0.15, 0.2) is 11.5 Å². The van der Waals surface area contributed by atoms with E-state index in [-0.39, 0.29) is 0 Å². The molecule has 5 aromatic rings. The third-order valence-corrected chi connectivity index (χ3v) is 6.44. The number of aromatic nitrogens is 7. The van der Waals surface area contributed by atoms with Gasteiger partial charge in [-0.1, -0.05) is 24.3 Å². The summed E-state index contributed by atoms with van der Waals surface area (Å²) < 4.78 is 7.32. The van der Waals surface area contributed by atoms with Crippen LogP contribution in [0.15, 0.2) is 49.2 Å². The molecule has 1 aliphatic carbocycles. The van der Waals surface area contributed by atoms with E-state index in [9.17, 15) is 5.11 Å². The molecule has 0 amide bonds. The maximum atomic E-state index is 11.3. The quantitative estimate of drug-likeness (QED) is 0.377. The van der Waals surface area contributed by atoms with Crippen LogP contribution in [0.25, 0.3) is 33.8 Å². The third kappa shape index (κ3) is 3.66. The summed E-state index contributed by atoms with van der Waals surface area (Å²) in [5, 5.41) is 20.4. The number of hydrogen-bond acceptors (Lipinski definition) is 8. The van der Waals surface area contributed by atoms with E-state index in [4.69, 9.17) is 15.0 Å². The fourth-order valence-corrected chi connectivity index (χ4v) is 4.46. The van der Waals surface area contributed by atoms with E-state index in [1.807, 2.05) is 31.3 Å². The monoisotopic (exact) mass is 478 g/mol. The number of aromatic amines is 1. The molecule has 0 spiro atoms. The minimum Gasteiger partial charge on any atom is -0.480 e. The van der Waals surface area contributed by atoms with E-state index in [0.717, 1.165) is 24.1 Å². The molecule has 0 saturated heterocycles. The fourth-order valence-electron chi connectivity index (χ4n) is 4.46. The van der Waals surface area contributed by atoms with Gasteiger partial charge in [0.25, 0.3) is 0 Å². The molecular weight excluding hydrogens is 456 g/mol. The molecule has 10 nitrogen and oxygen atoms in total. The Morgan fingerprint density at radius 2 is 1.97 bits per heavy atom. The number of imidazole rings is 1. The smallest absolute Gasteiger partial charge is 0.227 e. The predicted octanol–water partition coefficient (Wildman–Crippen LogP) is 3.65. The van der Waals surface area contributed by atoms with Crippen LogP contribution in [0.2, 0.25) is 0 Å². The Morgan fingerprint density at radius 3 is 2.67 bits per heavy atom. The minimum absolute atomic E-state index is 0.356. The van der Waals surface area contributed by atoms with Crippen LogP contribution in [0, 0.1) is 11.3 Å². The normalized spacial score (nSPS) is 14.1. The summed E-state index contributed by atoms with van der Waals surface area (Å²) in [6.45, 7) is 0. The molecule has 2 N–H and O–H groups in total. The molecule has 1 atom stereocenters. The zero-order chi connectivity index (χ0) is 24.8. The van der Waals surface area contributed by atoms with Crippen molar-refractivity contribution in [2.45, 2.75) is 24.9 Å². The first-order valence-corrected chi connectivity index (χ1v) is 11.5. The largest absolute Gasteiger partial charge is 0.480 e. The second-order valence-corrected chi connectivity index (χ2v) is 8.81. The molecule has 0 aliphatic heterocycles. The number of aliphatic hydroxyl groups excluding tert-OH is 1. The average molecular weight is 479 g/mol. The van der Waals surface area contributed by atoms with Crippen LogP contribution in [-0.4, -0.2) is 46.7 Å². The lowest BCUT2D eigenvalue weighted by Crippen LogP contribution is -2.03. The Balaban J connectivity index is 1.37. The van der Waals surface area contributed by atoms with E-state index < -0.39 is 6.10 Å². The number of benzene rings is 1. The maximum Gasteiger partial charge on any atom is 0.227 e. The third-order valence-electron chi connectivity index (χ3n) is 6.44. The molecule has 6 rings (SSSR count). The van der Waals surface area contributed by atoms with Crippen LogP contribution in [0.4, 0.5) is 0 Å². The van der Waals surface area contributed by atoms with Crippen molar-refractivity contribution in [3.05, 3.63) is 71.7 Å². The number of nitrogens with one attached hydrogen (secondary N) is 1. The van der Waals surface area contributed by atoms with Crippen molar-refractivity contribution in [3.8, 4) is 34.7 Å². The van der Waals surface area contributed by atoms with Crippen molar-refractivity contribution in [1.29, 1.82) is 5.26 Å². The number of aliphatic hydroxyl groups is 1. The second kappa shape index (κ2) is 8.55. The molecule has 1 aliphatic rings. The van der Waals surface area contributed by atoms with Gasteiger partial charge in [-0.25, -0.2) is 24.9 Å². The summed E-state index contributed by atoms with van der Waals surface area (Å²) in [6, 6.07) is 9.51. The zero-order valence-corrected chi connectivity index (χ0v) is 19.7. The first-order valence-electron chi connectivity index (χ1n) is 11.5. The van der Waals surface area contributed by atoms with Crippen LogP contribution in [0.3, 0.4) is 0 Å². The van der Waals surface area contributed by atoms with Crippen LogP contribution >= 0.6 is 0 Å². The van der Waals surface area contributed by atoms with Crippen molar-refractivity contribution in [2.75, 3.05) is 7.11 Å². The maximum absolute atomic E-state index is 11.3. The van der Waals surface area contributed by atoms with Gasteiger partial charge in [-0.2, -0.15) is 5.26 Å². The molecule has 36 heavy (non-hydrogen) atoms. The molecule has 1 aromatic carbocycles. The second-order valence-electron chi connectivity index (χ2n) is 8.81. The number of fused-ring (bicyclic) bond motifs is 1. The number of ether oxygens (including phenoxy) is 1. The van der Waals surface area contributed by atoms with Crippen molar-refractivity contribution in [2.24, 2.45) is 7.05 Å². The van der Waals surface area contributed by atoms with Crippen LogP contribution in [-0.2, 0) is 7.05 Å². The minimum atomic E-state index is -0.914. The van der Waals surface area contributed by atoms with Crippen LogP contribution < -0.4 is 4.74 Å². The Kier molecular flexibility index (Phi) is 5.20. The van der Waals surface area contributed by atoms with E-state index in [1.54, 1.807) is 30.3 Å². The van der Waals surface area contributed by atoms with E-state index >= 15 is 0 Å². The van der Waals surface area contributed by atoms with E-state index in [2.05, 4.69) is 31.0 Å².